The van der Waals surface area contributed by atoms with Gasteiger partial charge in [0, 0.05) is 16.5 Å². The summed E-state index contributed by atoms with van der Waals surface area (Å²) in [5.74, 6) is 0.443. The Balaban J connectivity index is 1.29. The molecule has 0 atom stereocenters. The minimum absolute atomic E-state index is 0.254. The third-order valence-corrected chi connectivity index (χ3v) is 5.39. The number of anilines is 2. The van der Waals surface area contributed by atoms with E-state index in [1.165, 1.54) is 0 Å². The lowest BCUT2D eigenvalue weighted by Gasteiger charge is -2.10. The molecule has 3 aromatic carbocycles. The van der Waals surface area contributed by atoms with E-state index in [1.54, 1.807) is 48.5 Å². The number of hydrogen-bond donors (Lipinski definition) is 3. The molecule has 34 heavy (non-hydrogen) atoms. The number of furan rings is 1. The van der Waals surface area contributed by atoms with Crippen molar-refractivity contribution in [3.63, 3.8) is 0 Å². The van der Waals surface area contributed by atoms with Crippen molar-refractivity contribution in [2.24, 2.45) is 0 Å². The van der Waals surface area contributed by atoms with Gasteiger partial charge in [-0.3, -0.25) is 9.59 Å². The first-order valence-electron chi connectivity index (χ1n) is 11.2. The van der Waals surface area contributed by atoms with Gasteiger partial charge in [-0.05, 0) is 48.9 Å². The lowest BCUT2D eigenvalue weighted by molar-refractivity contribution is 0.0919. The van der Waals surface area contributed by atoms with Crippen molar-refractivity contribution >= 4 is 34.2 Å². The monoisotopic (exact) mass is 457 g/mol. The van der Waals surface area contributed by atoms with Crippen LogP contribution in [0.1, 0.15) is 39.8 Å². The second-order valence-corrected chi connectivity index (χ2v) is 7.83. The predicted molar refractivity (Wildman–Crippen MR) is 133 cm³/mol. The van der Waals surface area contributed by atoms with Gasteiger partial charge in [-0.15, -0.1) is 0 Å². The van der Waals surface area contributed by atoms with Crippen LogP contribution in [-0.2, 0) is 6.42 Å². The molecule has 0 saturated carbocycles. The number of amides is 2. The van der Waals surface area contributed by atoms with Gasteiger partial charge in [0.2, 0.25) is 0 Å². The number of aryl methyl sites for hydroxylation is 1. The van der Waals surface area contributed by atoms with Crippen LogP contribution >= 0.6 is 0 Å². The topological polar surface area (TPSA) is 107 Å². The van der Waals surface area contributed by atoms with Crippen LogP contribution in [0.5, 0.6) is 5.75 Å². The number of nitrogens with one attached hydrogen (secondary N) is 2. The summed E-state index contributed by atoms with van der Waals surface area (Å²) < 4.78 is 11.5. The highest BCUT2D eigenvalue weighted by Crippen LogP contribution is 2.27. The molecule has 4 N–H and O–H groups in total. The van der Waals surface area contributed by atoms with Crippen LogP contribution in [0.25, 0.3) is 11.0 Å². The summed E-state index contributed by atoms with van der Waals surface area (Å²) in [6.07, 6.45) is 1.69. The van der Waals surface area contributed by atoms with Crippen molar-refractivity contribution < 1.29 is 18.7 Å². The third kappa shape index (κ3) is 5.20. The summed E-state index contributed by atoms with van der Waals surface area (Å²) in [6.45, 7) is 2.67. The molecule has 2 amide bonds. The molecule has 4 rings (SSSR count). The quantitative estimate of drug-likeness (QED) is 0.241. The Morgan fingerprint density at radius 1 is 0.941 bits per heavy atom. The predicted octanol–water partition coefficient (Wildman–Crippen LogP) is 5.03. The molecular formula is C27H27N3O4. The fourth-order valence-electron chi connectivity index (χ4n) is 3.70. The standard InChI is InChI=1S/C27H27N3O4/c1-2-7-21-20-8-3-6-11-24(20)34-25(21)27(32)29-16-17-33-19-14-12-18(13-15-19)26(31)30-23-10-5-4-9-22(23)28/h3-6,8-15H,2,7,16-17,28H2,1H3,(H,29,32)(H,30,31). The van der Waals surface area contributed by atoms with E-state index in [0.29, 0.717) is 40.6 Å². The molecule has 1 heterocycles. The molecule has 7 nitrogen and oxygen atoms in total. The minimum Gasteiger partial charge on any atom is -0.492 e. The first-order valence-corrected chi connectivity index (χ1v) is 11.2. The number of para-hydroxylation sites is 3. The second kappa shape index (κ2) is 10.6. The lowest BCUT2D eigenvalue weighted by Crippen LogP contribution is -2.28. The summed E-state index contributed by atoms with van der Waals surface area (Å²) in [5, 5.41) is 6.62. The summed E-state index contributed by atoms with van der Waals surface area (Å²) >= 11 is 0. The molecular weight excluding hydrogens is 430 g/mol. The van der Waals surface area contributed by atoms with Crippen molar-refractivity contribution in [2.45, 2.75) is 19.8 Å². The normalized spacial score (nSPS) is 10.7. The van der Waals surface area contributed by atoms with Gasteiger partial charge < -0.3 is 25.5 Å². The number of fused-ring (bicyclic) bond motifs is 1. The molecule has 0 aliphatic heterocycles. The number of carbonyl (C=O) groups is 2. The molecule has 0 aliphatic carbocycles. The van der Waals surface area contributed by atoms with E-state index in [0.717, 1.165) is 23.8 Å². The van der Waals surface area contributed by atoms with Crippen LogP contribution < -0.4 is 21.1 Å². The highest BCUT2D eigenvalue weighted by atomic mass is 16.5. The van der Waals surface area contributed by atoms with Gasteiger partial charge in [-0.1, -0.05) is 43.7 Å². The van der Waals surface area contributed by atoms with E-state index in [4.69, 9.17) is 14.9 Å². The molecule has 0 aliphatic rings. The first-order chi connectivity index (χ1) is 16.6. The van der Waals surface area contributed by atoms with Crippen LogP contribution in [-0.4, -0.2) is 25.0 Å². The third-order valence-electron chi connectivity index (χ3n) is 5.39. The van der Waals surface area contributed by atoms with Crippen molar-refractivity contribution in [3.8, 4) is 5.75 Å². The molecule has 0 bridgehead atoms. The molecule has 7 heteroatoms. The highest BCUT2D eigenvalue weighted by Gasteiger charge is 2.19. The molecule has 0 unspecified atom stereocenters. The number of ether oxygens (including phenoxy) is 1. The molecule has 1 aromatic heterocycles. The molecule has 0 saturated heterocycles. The molecule has 4 aromatic rings. The van der Waals surface area contributed by atoms with Gasteiger partial charge in [0.1, 0.15) is 17.9 Å². The average molecular weight is 458 g/mol. The van der Waals surface area contributed by atoms with E-state index in [-0.39, 0.29) is 18.4 Å². The zero-order valence-corrected chi connectivity index (χ0v) is 19.0. The number of nitrogens with two attached hydrogens (primary N) is 1. The molecule has 0 fully saturated rings. The van der Waals surface area contributed by atoms with E-state index in [2.05, 4.69) is 17.6 Å². The van der Waals surface area contributed by atoms with E-state index in [9.17, 15) is 9.59 Å². The Labute approximate surface area is 197 Å². The van der Waals surface area contributed by atoms with Gasteiger partial charge in [-0.25, -0.2) is 0 Å². The lowest BCUT2D eigenvalue weighted by atomic mass is 10.1. The van der Waals surface area contributed by atoms with Gasteiger partial charge in [0.05, 0.1) is 17.9 Å². The zero-order valence-electron chi connectivity index (χ0n) is 19.0. The second-order valence-electron chi connectivity index (χ2n) is 7.83. The van der Waals surface area contributed by atoms with E-state index >= 15 is 0 Å². The number of rotatable bonds is 9. The maximum absolute atomic E-state index is 12.7. The summed E-state index contributed by atoms with van der Waals surface area (Å²) in [6, 6.07) is 21.5. The number of benzene rings is 3. The van der Waals surface area contributed by atoms with Crippen LogP contribution in [0.3, 0.4) is 0 Å². The smallest absolute Gasteiger partial charge is 0.287 e. The van der Waals surface area contributed by atoms with Gasteiger partial charge in [0.25, 0.3) is 11.8 Å². The number of nitrogen functional groups attached to an aromatic ring is 1. The van der Waals surface area contributed by atoms with Crippen LogP contribution in [0, 0.1) is 0 Å². The van der Waals surface area contributed by atoms with Crippen LogP contribution in [0.4, 0.5) is 11.4 Å². The SMILES string of the molecule is CCCc1c(C(=O)NCCOc2ccc(C(=O)Nc3ccccc3N)cc2)oc2ccccc12. The average Bonchev–Trinajstić information content (AvgIpc) is 3.22. The van der Waals surface area contributed by atoms with Gasteiger partial charge in [-0.2, -0.15) is 0 Å². The van der Waals surface area contributed by atoms with Crippen molar-refractivity contribution in [2.75, 3.05) is 24.2 Å². The van der Waals surface area contributed by atoms with Crippen molar-refractivity contribution in [1.29, 1.82) is 0 Å². The number of hydrogen-bond acceptors (Lipinski definition) is 5. The van der Waals surface area contributed by atoms with Gasteiger partial charge >= 0.3 is 0 Å². The Hall–Kier alpha value is -4.26. The van der Waals surface area contributed by atoms with E-state index < -0.39 is 0 Å². The Bertz CT molecular complexity index is 1290. The number of carbonyl (C=O) groups excluding carboxylic acids is 2. The highest BCUT2D eigenvalue weighted by molar-refractivity contribution is 6.05. The van der Waals surface area contributed by atoms with Crippen LogP contribution in [0.15, 0.2) is 77.2 Å². The molecule has 174 valence electrons. The fourth-order valence-corrected chi connectivity index (χ4v) is 3.70. The Kier molecular flexibility index (Phi) is 7.13. The fraction of sp³-hybridized carbons (Fsp3) is 0.185. The minimum atomic E-state index is -0.259. The zero-order chi connectivity index (χ0) is 23.9. The first kappa shape index (κ1) is 22.9. The largest absolute Gasteiger partial charge is 0.492 e. The summed E-state index contributed by atoms with van der Waals surface area (Å²) in [7, 11) is 0. The summed E-state index contributed by atoms with van der Waals surface area (Å²) in [4.78, 5) is 25.1. The Morgan fingerprint density at radius 2 is 1.68 bits per heavy atom. The molecule has 0 radical (unpaired) electrons. The maximum atomic E-state index is 12.7. The van der Waals surface area contributed by atoms with Crippen molar-refractivity contribution in [1.82, 2.24) is 5.32 Å². The Morgan fingerprint density at radius 3 is 2.44 bits per heavy atom. The van der Waals surface area contributed by atoms with E-state index in [1.807, 2.05) is 24.3 Å². The summed E-state index contributed by atoms with van der Waals surface area (Å²) in [5.41, 5.74) is 9.07. The molecule has 0 spiro atoms. The maximum Gasteiger partial charge on any atom is 0.287 e. The van der Waals surface area contributed by atoms with Crippen LogP contribution in [0.2, 0.25) is 0 Å². The van der Waals surface area contributed by atoms with Gasteiger partial charge in [0.15, 0.2) is 5.76 Å². The van der Waals surface area contributed by atoms with Crippen molar-refractivity contribution in [3.05, 3.63) is 89.7 Å².